The SMILES string of the molecule is O=S(=O)(c1ccc(-n2cnnn2)cc1)N(Cc1ccc2c(c1)OCO2)Cc1ccco1. The molecule has 4 aromatic rings. The van der Waals surface area contributed by atoms with Crippen molar-refractivity contribution in [2.45, 2.75) is 18.0 Å². The van der Waals surface area contributed by atoms with E-state index in [1.807, 2.05) is 6.07 Å². The maximum atomic E-state index is 13.5. The highest BCUT2D eigenvalue weighted by Crippen LogP contribution is 2.33. The Balaban J connectivity index is 1.46. The standard InChI is InChI=1S/C20H17N5O5S/c26-31(27,18-6-4-16(5-7-18)25-13-21-22-23-25)24(12-17-2-1-9-28-17)11-15-3-8-19-20(10-15)30-14-29-19/h1-10,13H,11-12,14H2. The molecule has 0 N–H and O–H groups in total. The Labute approximate surface area is 177 Å². The Kier molecular flexibility index (Phi) is 4.88. The van der Waals surface area contributed by atoms with Gasteiger partial charge < -0.3 is 13.9 Å². The van der Waals surface area contributed by atoms with Crippen LogP contribution in [0.1, 0.15) is 11.3 Å². The predicted molar refractivity (Wildman–Crippen MR) is 107 cm³/mol. The van der Waals surface area contributed by atoms with Crippen molar-refractivity contribution in [2.75, 3.05) is 6.79 Å². The number of tetrazole rings is 1. The van der Waals surface area contributed by atoms with E-state index in [0.717, 1.165) is 5.56 Å². The average Bonchev–Trinajstić information content (AvgIpc) is 3.55. The smallest absolute Gasteiger partial charge is 0.243 e. The molecule has 1 aliphatic rings. The van der Waals surface area contributed by atoms with Crippen LogP contribution in [-0.4, -0.2) is 39.7 Å². The van der Waals surface area contributed by atoms with Crippen LogP contribution in [0, 0.1) is 0 Å². The second-order valence-corrected chi connectivity index (χ2v) is 8.73. The largest absolute Gasteiger partial charge is 0.468 e. The van der Waals surface area contributed by atoms with Crippen LogP contribution < -0.4 is 9.47 Å². The van der Waals surface area contributed by atoms with E-state index in [0.29, 0.717) is 22.9 Å². The highest BCUT2D eigenvalue weighted by molar-refractivity contribution is 7.89. The van der Waals surface area contributed by atoms with Crippen molar-refractivity contribution in [1.82, 2.24) is 24.5 Å². The number of hydrogen-bond donors (Lipinski definition) is 0. The molecule has 0 radical (unpaired) electrons. The first-order valence-corrected chi connectivity index (χ1v) is 10.8. The lowest BCUT2D eigenvalue weighted by Crippen LogP contribution is -2.30. The fourth-order valence-corrected chi connectivity index (χ4v) is 4.64. The van der Waals surface area contributed by atoms with Crippen LogP contribution in [0.5, 0.6) is 11.5 Å². The van der Waals surface area contributed by atoms with Crippen molar-refractivity contribution in [3.8, 4) is 17.2 Å². The van der Waals surface area contributed by atoms with Gasteiger partial charge in [-0.3, -0.25) is 0 Å². The fourth-order valence-electron chi connectivity index (χ4n) is 3.24. The maximum Gasteiger partial charge on any atom is 0.243 e. The van der Waals surface area contributed by atoms with E-state index < -0.39 is 10.0 Å². The molecule has 0 amide bonds. The highest BCUT2D eigenvalue weighted by atomic mass is 32.2. The summed E-state index contributed by atoms with van der Waals surface area (Å²) in [7, 11) is -3.83. The molecular formula is C20H17N5O5S. The number of sulfonamides is 1. The van der Waals surface area contributed by atoms with Crippen LogP contribution in [-0.2, 0) is 23.1 Å². The summed E-state index contributed by atoms with van der Waals surface area (Å²) in [6.07, 6.45) is 2.95. The highest BCUT2D eigenvalue weighted by Gasteiger charge is 2.27. The number of benzene rings is 2. The molecule has 158 valence electrons. The first-order chi connectivity index (χ1) is 15.1. The maximum absolute atomic E-state index is 13.5. The molecule has 0 saturated heterocycles. The Morgan fingerprint density at radius 1 is 1.00 bits per heavy atom. The van der Waals surface area contributed by atoms with Crippen LogP contribution in [0.15, 0.2) is 76.5 Å². The molecule has 0 saturated carbocycles. The number of ether oxygens (including phenoxy) is 2. The molecule has 0 unspecified atom stereocenters. The van der Waals surface area contributed by atoms with Crippen LogP contribution >= 0.6 is 0 Å². The summed E-state index contributed by atoms with van der Waals surface area (Å²) in [5.74, 6) is 1.77. The number of hydrogen-bond acceptors (Lipinski definition) is 8. The van der Waals surface area contributed by atoms with Gasteiger partial charge in [0.15, 0.2) is 11.5 Å². The molecule has 1 aliphatic heterocycles. The number of furan rings is 1. The Bertz CT molecular complexity index is 1270. The quantitative estimate of drug-likeness (QED) is 0.431. The van der Waals surface area contributed by atoms with Crippen LogP contribution in [0.25, 0.3) is 5.69 Å². The summed E-state index contributed by atoms with van der Waals surface area (Å²) in [5.41, 5.74) is 1.42. The number of aromatic nitrogens is 4. The van der Waals surface area contributed by atoms with Gasteiger partial charge in [0.2, 0.25) is 16.8 Å². The number of rotatable bonds is 7. The second kappa shape index (κ2) is 7.85. The molecule has 10 nitrogen and oxygen atoms in total. The second-order valence-electron chi connectivity index (χ2n) is 6.79. The van der Waals surface area contributed by atoms with E-state index in [1.54, 1.807) is 36.4 Å². The molecular weight excluding hydrogens is 422 g/mol. The minimum absolute atomic E-state index is 0.0819. The van der Waals surface area contributed by atoms with Gasteiger partial charge in [-0.1, -0.05) is 6.07 Å². The average molecular weight is 439 g/mol. The summed E-state index contributed by atoms with van der Waals surface area (Å²) in [6.45, 7) is 0.369. The van der Waals surface area contributed by atoms with E-state index in [-0.39, 0.29) is 24.8 Å². The lowest BCUT2D eigenvalue weighted by atomic mass is 10.2. The Hall–Kier alpha value is -3.70. The third-order valence-electron chi connectivity index (χ3n) is 4.80. The summed E-state index contributed by atoms with van der Waals surface area (Å²) in [5, 5.41) is 11.0. The Morgan fingerprint density at radius 2 is 1.84 bits per heavy atom. The lowest BCUT2D eigenvalue weighted by molar-refractivity contribution is 0.174. The number of fused-ring (bicyclic) bond motifs is 1. The van der Waals surface area contributed by atoms with Gasteiger partial charge in [0.05, 0.1) is 23.4 Å². The van der Waals surface area contributed by atoms with Crippen molar-refractivity contribution in [3.63, 3.8) is 0 Å². The first kappa shape index (κ1) is 19.3. The molecule has 0 spiro atoms. The summed E-state index contributed by atoms with van der Waals surface area (Å²) < 4.78 is 45.9. The normalized spacial score (nSPS) is 13.1. The monoisotopic (exact) mass is 439 g/mol. The van der Waals surface area contributed by atoms with E-state index in [2.05, 4.69) is 15.5 Å². The van der Waals surface area contributed by atoms with E-state index in [4.69, 9.17) is 13.9 Å². The molecule has 5 rings (SSSR count). The van der Waals surface area contributed by atoms with Gasteiger partial charge in [0.25, 0.3) is 0 Å². The van der Waals surface area contributed by atoms with Crippen LogP contribution in [0.2, 0.25) is 0 Å². The number of nitrogens with zero attached hydrogens (tertiary/aromatic N) is 5. The molecule has 31 heavy (non-hydrogen) atoms. The minimum Gasteiger partial charge on any atom is -0.468 e. The van der Waals surface area contributed by atoms with Crippen molar-refractivity contribution < 1.29 is 22.3 Å². The molecule has 2 aromatic heterocycles. The van der Waals surface area contributed by atoms with Crippen molar-refractivity contribution in [2.24, 2.45) is 0 Å². The van der Waals surface area contributed by atoms with Gasteiger partial charge in [-0.2, -0.15) is 4.31 Å². The van der Waals surface area contributed by atoms with Gasteiger partial charge in [-0.05, 0) is 64.5 Å². The predicted octanol–water partition coefficient (Wildman–Crippen LogP) is 2.38. The molecule has 11 heteroatoms. The third kappa shape index (κ3) is 3.88. The van der Waals surface area contributed by atoms with E-state index in [9.17, 15) is 8.42 Å². The van der Waals surface area contributed by atoms with Gasteiger partial charge in [-0.25, -0.2) is 13.1 Å². The third-order valence-corrected chi connectivity index (χ3v) is 6.60. The van der Waals surface area contributed by atoms with Crippen LogP contribution in [0.4, 0.5) is 0 Å². The zero-order chi connectivity index (χ0) is 21.3. The fraction of sp³-hybridized carbons (Fsp3) is 0.150. The zero-order valence-electron chi connectivity index (χ0n) is 16.2. The molecule has 0 aliphatic carbocycles. The molecule has 3 heterocycles. The van der Waals surface area contributed by atoms with Crippen molar-refractivity contribution >= 4 is 10.0 Å². The van der Waals surface area contributed by atoms with Crippen molar-refractivity contribution in [1.29, 1.82) is 0 Å². The first-order valence-electron chi connectivity index (χ1n) is 9.34. The van der Waals surface area contributed by atoms with Gasteiger partial charge in [0, 0.05) is 6.54 Å². The summed E-state index contributed by atoms with van der Waals surface area (Å²) in [4.78, 5) is 0.150. The zero-order valence-corrected chi connectivity index (χ0v) is 17.0. The lowest BCUT2D eigenvalue weighted by Gasteiger charge is -2.22. The summed E-state index contributed by atoms with van der Waals surface area (Å²) in [6, 6.07) is 15.2. The molecule has 0 fully saturated rings. The molecule has 0 bridgehead atoms. The van der Waals surface area contributed by atoms with E-state index in [1.165, 1.54) is 33.7 Å². The summed E-state index contributed by atoms with van der Waals surface area (Å²) >= 11 is 0. The van der Waals surface area contributed by atoms with Crippen LogP contribution in [0.3, 0.4) is 0 Å². The van der Waals surface area contributed by atoms with Crippen molar-refractivity contribution in [3.05, 3.63) is 78.5 Å². The minimum atomic E-state index is -3.83. The topological polar surface area (TPSA) is 113 Å². The molecule has 0 atom stereocenters. The van der Waals surface area contributed by atoms with Gasteiger partial charge in [0.1, 0.15) is 12.1 Å². The van der Waals surface area contributed by atoms with Gasteiger partial charge in [-0.15, -0.1) is 5.10 Å². The Morgan fingerprint density at radius 3 is 2.58 bits per heavy atom. The molecule has 2 aromatic carbocycles. The van der Waals surface area contributed by atoms with E-state index >= 15 is 0 Å². The van der Waals surface area contributed by atoms with Gasteiger partial charge >= 0.3 is 0 Å².